The molecule has 136 valence electrons. The minimum absolute atomic E-state index is 0.109. The van der Waals surface area contributed by atoms with E-state index in [1.165, 1.54) is 0 Å². The van der Waals surface area contributed by atoms with E-state index in [9.17, 15) is 4.79 Å². The summed E-state index contributed by atoms with van der Waals surface area (Å²) in [6.45, 7) is 3.17. The van der Waals surface area contributed by atoms with Crippen LogP contribution in [0.1, 0.15) is 28.2 Å². The van der Waals surface area contributed by atoms with Crippen LogP contribution in [0.4, 0.5) is 5.82 Å². The number of carbonyl (C=O) groups is 1. The van der Waals surface area contributed by atoms with Gasteiger partial charge in [-0.25, -0.2) is 0 Å². The summed E-state index contributed by atoms with van der Waals surface area (Å²) in [6.07, 6.45) is 1.17. The molecule has 0 aliphatic carbocycles. The Bertz CT molecular complexity index is 892. The predicted molar refractivity (Wildman–Crippen MR) is 98.2 cm³/mol. The summed E-state index contributed by atoms with van der Waals surface area (Å²) in [6, 6.07) is 11.1. The van der Waals surface area contributed by atoms with Crippen LogP contribution in [0.3, 0.4) is 0 Å². The molecule has 0 saturated heterocycles. The molecule has 2 aromatic heterocycles. The Morgan fingerprint density at radius 1 is 1.19 bits per heavy atom. The van der Waals surface area contributed by atoms with E-state index in [0.717, 1.165) is 5.56 Å². The average molecular weight is 354 g/mol. The largest absolute Gasteiger partial charge is 0.396 e. The van der Waals surface area contributed by atoms with Gasteiger partial charge in [0.2, 0.25) is 0 Å². The second kappa shape index (κ2) is 8.39. The predicted octanol–water partition coefficient (Wildman–Crippen LogP) is 1.20. The first-order valence-electron chi connectivity index (χ1n) is 8.58. The second-order valence-electron chi connectivity index (χ2n) is 5.98. The van der Waals surface area contributed by atoms with E-state index in [2.05, 4.69) is 25.9 Å². The average Bonchev–Trinajstić information content (AvgIpc) is 3.04. The van der Waals surface area contributed by atoms with E-state index in [-0.39, 0.29) is 12.5 Å². The minimum atomic E-state index is -0.109. The number of rotatable bonds is 8. The van der Waals surface area contributed by atoms with Gasteiger partial charge in [-0.15, -0.1) is 15.3 Å². The van der Waals surface area contributed by atoms with E-state index < -0.39 is 0 Å². The van der Waals surface area contributed by atoms with Crippen LogP contribution >= 0.6 is 0 Å². The molecule has 8 nitrogen and oxygen atoms in total. The van der Waals surface area contributed by atoms with Crippen molar-refractivity contribution in [2.45, 2.75) is 19.8 Å². The van der Waals surface area contributed by atoms with E-state index in [1.807, 2.05) is 37.3 Å². The van der Waals surface area contributed by atoms with Crippen LogP contribution in [-0.4, -0.2) is 50.5 Å². The van der Waals surface area contributed by atoms with Gasteiger partial charge in [0.15, 0.2) is 11.5 Å². The lowest BCUT2D eigenvalue weighted by Crippen LogP contribution is -2.26. The van der Waals surface area contributed by atoms with Crippen LogP contribution in [0.25, 0.3) is 5.65 Å². The van der Waals surface area contributed by atoms with Gasteiger partial charge in [-0.1, -0.05) is 17.7 Å². The summed E-state index contributed by atoms with van der Waals surface area (Å²) in [4.78, 5) is 12.2. The summed E-state index contributed by atoms with van der Waals surface area (Å²) in [7, 11) is 0. The number of nitrogens with zero attached hydrogens (tertiary/aromatic N) is 4. The van der Waals surface area contributed by atoms with E-state index >= 15 is 0 Å². The van der Waals surface area contributed by atoms with Crippen LogP contribution in [-0.2, 0) is 6.42 Å². The third kappa shape index (κ3) is 4.34. The monoisotopic (exact) mass is 354 g/mol. The Labute approximate surface area is 151 Å². The topological polar surface area (TPSA) is 104 Å². The molecular formula is C18H22N6O2. The van der Waals surface area contributed by atoms with Crippen molar-refractivity contribution in [3.05, 3.63) is 53.3 Å². The lowest BCUT2D eigenvalue weighted by molar-refractivity contribution is 0.0954. The molecular weight excluding hydrogens is 332 g/mol. The quantitative estimate of drug-likeness (QED) is 0.525. The van der Waals surface area contributed by atoms with Crippen molar-refractivity contribution in [3.63, 3.8) is 0 Å². The lowest BCUT2D eigenvalue weighted by Gasteiger charge is -2.06. The number of aliphatic hydroxyl groups excluding tert-OH is 1. The van der Waals surface area contributed by atoms with Gasteiger partial charge in [0.05, 0.1) is 0 Å². The first kappa shape index (κ1) is 17.8. The molecule has 0 radical (unpaired) electrons. The molecule has 2 heterocycles. The van der Waals surface area contributed by atoms with Gasteiger partial charge in [-0.3, -0.25) is 4.79 Å². The van der Waals surface area contributed by atoms with Gasteiger partial charge in [-0.2, -0.15) is 4.52 Å². The second-order valence-corrected chi connectivity index (χ2v) is 5.98. The van der Waals surface area contributed by atoms with Gasteiger partial charge in [0, 0.05) is 31.7 Å². The highest BCUT2D eigenvalue weighted by Gasteiger charge is 2.09. The molecule has 3 aromatic rings. The van der Waals surface area contributed by atoms with Gasteiger partial charge in [0.25, 0.3) is 5.91 Å². The number of hydrogen-bond acceptors (Lipinski definition) is 6. The minimum Gasteiger partial charge on any atom is -0.396 e. The van der Waals surface area contributed by atoms with Crippen LogP contribution in [0, 0.1) is 6.92 Å². The van der Waals surface area contributed by atoms with E-state index in [0.29, 0.717) is 48.8 Å². The molecule has 0 aliphatic rings. The highest BCUT2D eigenvalue weighted by Crippen LogP contribution is 2.08. The van der Waals surface area contributed by atoms with Gasteiger partial charge in [0.1, 0.15) is 5.82 Å². The number of fused-ring (bicyclic) bond motifs is 1. The molecule has 1 aromatic carbocycles. The van der Waals surface area contributed by atoms with Crippen molar-refractivity contribution in [2.24, 2.45) is 0 Å². The van der Waals surface area contributed by atoms with Crippen molar-refractivity contribution < 1.29 is 9.90 Å². The Morgan fingerprint density at radius 2 is 2.08 bits per heavy atom. The first-order valence-corrected chi connectivity index (χ1v) is 8.58. The summed E-state index contributed by atoms with van der Waals surface area (Å²) in [5, 5.41) is 27.6. The van der Waals surface area contributed by atoms with Crippen molar-refractivity contribution in [1.29, 1.82) is 0 Å². The number of anilines is 1. The fraction of sp³-hybridized carbons (Fsp3) is 0.333. The first-order chi connectivity index (χ1) is 12.7. The number of hydrogen-bond donors (Lipinski definition) is 3. The van der Waals surface area contributed by atoms with Gasteiger partial charge < -0.3 is 15.7 Å². The van der Waals surface area contributed by atoms with Gasteiger partial charge in [-0.05, 0) is 37.6 Å². The molecule has 0 atom stereocenters. The Morgan fingerprint density at radius 3 is 2.88 bits per heavy atom. The molecule has 0 saturated carbocycles. The third-order valence-electron chi connectivity index (χ3n) is 3.88. The molecule has 0 spiro atoms. The van der Waals surface area contributed by atoms with Gasteiger partial charge >= 0.3 is 0 Å². The molecule has 3 N–H and O–H groups in total. The summed E-state index contributed by atoms with van der Waals surface area (Å²) < 4.78 is 1.67. The Balaban J connectivity index is 1.61. The van der Waals surface area contributed by atoms with Crippen molar-refractivity contribution in [3.8, 4) is 0 Å². The Kier molecular flexibility index (Phi) is 5.75. The molecule has 0 unspecified atom stereocenters. The number of amides is 1. The highest BCUT2D eigenvalue weighted by atomic mass is 16.3. The lowest BCUT2D eigenvalue weighted by atomic mass is 10.1. The third-order valence-corrected chi connectivity index (χ3v) is 3.88. The maximum Gasteiger partial charge on any atom is 0.251 e. The zero-order chi connectivity index (χ0) is 18.4. The zero-order valence-corrected chi connectivity index (χ0v) is 14.6. The van der Waals surface area contributed by atoms with Crippen LogP contribution < -0.4 is 10.6 Å². The van der Waals surface area contributed by atoms with Crippen LogP contribution in [0.15, 0.2) is 36.4 Å². The number of aliphatic hydroxyl groups is 1. The van der Waals surface area contributed by atoms with Crippen molar-refractivity contribution in [2.75, 3.05) is 25.0 Å². The number of aryl methyl sites for hydroxylation is 1. The number of nitrogens with one attached hydrogen (secondary N) is 2. The number of benzene rings is 1. The van der Waals surface area contributed by atoms with E-state index in [4.69, 9.17) is 5.11 Å². The van der Waals surface area contributed by atoms with Crippen molar-refractivity contribution >= 4 is 17.4 Å². The highest BCUT2D eigenvalue weighted by molar-refractivity contribution is 5.94. The SMILES string of the molecule is Cc1cccc(C(=O)NCCc2nnc3ccc(NCCCO)nn23)c1. The molecule has 0 fully saturated rings. The molecule has 26 heavy (non-hydrogen) atoms. The summed E-state index contributed by atoms with van der Waals surface area (Å²) in [5.74, 6) is 1.26. The van der Waals surface area contributed by atoms with E-state index in [1.54, 1.807) is 10.6 Å². The van der Waals surface area contributed by atoms with Crippen LogP contribution in [0.5, 0.6) is 0 Å². The Hall–Kier alpha value is -3.00. The fourth-order valence-electron chi connectivity index (χ4n) is 2.56. The zero-order valence-electron chi connectivity index (χ0n) is 14.6. The number of carbonyl (C=O) groups excluding carboxylic acids is 1. The normalized spacial score (nSPS) is 10.8. The molecule has 8 heteroatoms. The summed E-state index contributed by atoms with van der Waals surface area (Å²) in [5.41, 5.74) is 2.34. The maximum absolute atomic E-state index is 12.2. The standard InChI is InChI=1S/C18H22N6O2/c1-13-4-2-5-14(12-13)18(26)20-10-8-17-22-21-16-7-6-15(23-24(16)17)19-9-3-11-25/h2,4-7,12,25H,3,8-11H2,1H3,(H,19,23)(H,20,26). The number of aromatic nitrogens is 4. The smallest absolute Gasteiger partial charge is 0.251 e. The molecule has 0 bridgehead atoms. The summed E-state index contributed by atoms with van der Waals surface area (Å²) >= 11 is 0. The van der Waals surface area contributed by atoms with Crippen LogP contribution in [0.2, 0.25) is 0 Å². The molecule has 1 amide bonds. The molecule has 0 aliphatic heterocycles. The maximum atomic E-state index is 12.2. The molecule has 3 rings (SSSR count). The fourth-order valence-corrected chi connectivity index (χ4v) is 2.56. The van der Waals surface area contributed by atoms with Crippen molar-refractivity contribution in [1.82, 2.24) is 25.1 Å².